The number of piperidine rings is 1. The van der Waals surface area contributed by atoms with E-state index in [1.807, 2.05) is 0 Å². The third-order valence-electron chi connectivity index (χ3n) is 5.31. The standard InChI is InChI=1S/C20H31FN4O.HI/c1-2-22-20(23-13-16-6-7-19(26)18(21)12-16)25-11-8-17(15-25)14-24-9-4-3-5-10-24;/h6-7,12,17,26H,2-5,8-11,13-15H2,1H3,(H,22,23);1H. The maximum Gasteiger partial charge on any atom is 0.194 e. The number of rotatable bonds is 5. The Bertz CT molecular complexity index is 622. The second kappa shape index (κ2) is 11.0. The van der Waals surface area contributed by atoms with Gasteiger partial charge in [0.2, 0.25) is 0 Å². The molecular formula is C20H32FIN4O. The van der Waals surface area contributed by atoms with Crippen LogP contribution in [0.4, 0.5) is 4.39 Å². The Hall–Kier alpha value is -1.09. The van der Waals surface area contributed by atoms with Crippen molar-refractivity contribution in [3.63, 3.8) is 0 Å². The topological polar surface area (TPSA) is 51.1 Å². The van der Waals surface area contributed by atoms with Crippen molar-refractivity contribution in [3.8, 4) is 5.75 Å². The molecule has 152 valence electrons. The normalized spacial score (nSPS) is 21.2. The Kier molecular flexibility index (Phi) is 9.08. The molecule has 0 radical (unpaired) electrons. The second-order valence-corrected chi connectivity index (χ2v) is 7.42. The van der Waals surface area contributed by atoms with Crippen LogP contribution in [0, 0.1) is 11.7 Å². The molecule has 2 saturated heterocycles. The smallest absolute Gasteiger partial charge is 0.194 e. The van der Waals surface area contributed by atoms with Crippen LogP contribution in [0.15, 0.2) is 23.2 Å². The van der Waals surface area contributed by atoms with Crippen molar-refractivity contribution in [2.24, 2.45) is 10.9 Å². The van der Waals surface area contributed by atoms with Crippen molar-refractivity contribution in [2.75, 3.05) is 39.3 Å². The van der Waals surface area contributed by atoms with Crippen molar-refractivity contribution in [1.29, 1.82) is 0 Å². The second-order valence-electron chi connectivity index (χ2n) is 7.42. The molecule has 0 amide bonds. The lowest BCUT2D eigenvalue weighted by Gasteiger charge is -2.29. The Morgan fingerprint density at radius 1 is 1.26 bits per heavy atom. The van der Waals surface area contributed by atoms with Crippen LogP contribution in [-0.4, -0.2) is 60.1 Å². The lowest BCUT2D eigenvalue weighted by atomic mass is 10.1. The highest BCUT2D eigenvalue weighted by atomic mass is 127. The van der Waals surface area contributed by atoms with E-state index in [0.29, 0.717) is 12.5 Å². The molecule has 0 bridgehead atoms. The molecule has 0 aliphatic carbocycles. The monoisotopic (exact) mass is 490 g/mol. The number of guanidine groups is 1. The summed E-state index contributed by atoms with van der Waals surface area (Å²) in [6, 6.07) is 4.46. The molecular weight excluding hydrogens is 458 g/mol. The van der Waals surface area contributed by atoms with E-state index in [2.05, 4.69) is 27.0 Å². The third-order valence-corrected chi connectivity index (χ3v) is 5.31. The zero-order valence-corrected chi connectivity index (χ0v) is 18.5. The molecule has 1 unspecified atom stereocenters. The number of likely N-dealkylation sites (tertiary alicyclic amines) is 2. The molecule has 7 heteroatoms. The van der Waals surface area contributed by atoms with Crippen LogP contribution in [0.2, 0.25) is 0 Å². The maximum absolute atomic E-state index is 13.5. The summed E-state index contributed by atoms with van der Waals surface area (Å²) in [6.07, 6.45) is 5.25. The Labute approximate surface area is 179 Å². The summed E-state index contributed by atoms with van der Waals surface area (Å²) in [4.78, 5) is 9.63. The molecule has 2 heterocycles. The Morgan fingerprint density at radius 3 is 2.74 bits per heavy atom. The summed E-state index contributed by atoms with van der Waals surface area (Å²) in [5, 5.41) is 12.7. The van der Waals surface area contributed by atoms with E-state index in [0.717, 1.165) is 31.2 Å². The fraction of sp³-hybridized carbons (Fsp3) is 0.650. The van der Waals surface area contributed by atoms with Gasteiger partial charge in [0.05, 0.1) is 6.54 Å². The highest BCUT2D eigenvalue weighted by Crippen LogP contribution is 2.21. The van der Waals surface area contributed by atoms with Gasteiger partial charge in [0.25, 0.3) is 0 Å². The molecule has 1 aromatic rings. The minimum Gasteiger partial charge on any atom is -0.505 e. The van der Waals surface area contributed by atoms with Crippen molar-refractivity contribution in [3.05, 3.63) is 29.6 Å². The average molecular weight is 490 g/mol. The van der Waals surface area contributed by atoms with E-state index in [1.54, 1.807) is 6.07 Å². The van der Waals surface area contributed by atoms with Crippen molar-refractivity contribution < 1.29 is 9.50 Å². The van der Waals surface area contributed by atoms with E-state index < -0.39 is 5.82 Å². The van der Waals surface area contributed by atoms with Crippen LogP contribution < -0.4 is 5.32 Å². The first kappa shape index (κ1) is 22.2. The van der Waals surface area contributed by atoms with Gasteiger partial charge in [-0.1, -0.05) is 12.5 Å². The number of aromatic hydroxyl groups is 1. The summed E-state index contributed by atoms with van der Waals surface area (Å²) in [6.45, 7) is 9.04. The summed E-state index contributed by atoms with van der Waals surface area (Å²) in [7, 11) is 0. The molecule has 0 aromatic heterocycles. The van der Waals surface area contributed by atoms with Gasteiger partial charge in [0.15, 0.2) is 17.5 Å². The van der Waals surface area contributed by atoms with Crippen molar-refractivity contribution in [1.82, 2.24) is 15.1 Å². The number of hydrogen-bond donors (Lipinski definition) is 2. The van der Waals surface area contributed by atoms with Gasteiger partial charge in [0, 0.05) is 26.2 Å². The molecule has 2 aliphatic heterocycles. The number of nitrogens with one attached hydrogen (secondary N) is 1. The van der Waals surface area contributed by atoms with Gasteiger partial charge in [-0.3, -0.25) is 0 Å². The maximum atomic E-state index is 13.5. The van der Waals surface area contributed by atoms with Gasteiger partial charge >= 0.3 is 0 Å². The van der Waals surface area contributed by atoms with Gasteiger partial charge in [-0.2, -0.15) is 0 Å². The zero-order valence-electron chi connectivity index (χ0n) is 16.2. The van der Waals surface area contributed by atoms with Gasteiger partial charge in [0.1, 0.15) is 0 Å². The molecule has 2 fully saturated rings. The van der Waals surface area contributed by atoms with Crippen molar-refractivity contribution >= 4 is 29.9 Å². The third kappa shape index (κ3) is 6.48. The fourth-order valence-corrected chi connectivity index (χ4v) is 3.92. The lowest BCUT2D eigenvalue weighted by Crippen LogP contribution is -2.41. The van der Waals surface area contributed by atoms with Crippen LogP contribution in [0.5, 0.6) is 5.75 Å². The molecule has 27 heavy (non-hydrogen) atoms. The molecule has 0 spiro atoms. The molecule has 1 atom stereocenters. The number of hydrogen-bond acceptors (Lipinski definition) is 3. The number of phenols is 1. The number of nitrogens with zero attached hydrogens (tertiary/aromatic N) is 3. The van der Waals surface area contributed by atoms with Crippen molar-refractivity contribution in [2.45, 2.75) is 39.2 Å². The molecule has 3 rings (SSSR count). The molecule has 2 N–H and O–H groups in total. The summed E-state index contributed by atoms with van der Waals surface area (Å²) in [5.74, 6) is 0.695. The SMILES string of the molecule is CCNC(=NCc1ccc(O)c(F)c1)N1CCC(CN2CCCCC2)C1.I. The number of benzene rings is 1. The van der Waals surface area contributed by atoms with Crippen LogP contribution in [0.3, 0.4) is 0 Å². The highest BCUT2D eigenvalue weighted by Gasteiger charge is 2.26. The predicted octanol–water partition coefficient (Wildman–Crippen LogP) is 3.42. The largest absolute Gasteiger partial charge is 0.505 e. The van der Waals surface area contributed by atoms with E-state index >= 15 is 0 Å². The first-order valence-electron chi connectivity index (χ1n) is 9.88. The van der Waals surface area contributed by atoms with Gasteiger partial charge in [-0.25, -0.2) is 9.38 Å². The summed E-state index contributed by atoms with van der Waals surface area (Å²) >= 11 is 0. The van der Waals surface area contributed by atoms with Gasteiger partial charge in [-0.05, 0) is 62.9 Å². The van der Waals surface area contributed by atoms with Crippen LogP contribution in [0.1, 0.15) is 38.2 Å². The van der Waals surface area contributed by atoms with E-state index in [9.17, 15) is 9.50 Å². The first-order valence-corrected chi connectivity index (χ1v) is 9.88. The minimum absolute atomic E-state index is 0. The van der Waals surface area contributed by atoms with E-state index in [-0.39, 0.29) is 29.7 Å². The molecule has 0 saturated carbocycles. The van der Waals surface area contributed by atoms with Gasteiger partial charge in [-0.15, -0.1) is 24.0 Å². The lowest BCUT2D eigenvalue weighted by molar-refractivity contribution is 0.198. The number of halogens is 2. The van der Waals surface area contributed by atoms with Gasteiger partial charge < -0.3 is 20.2 Å². The quantitative estimate of drug-likeness (QED) is 0.378. The van der Waals surface area contributed by atoms with Crippen LogP contribution >= 0.6 is 24.0 Å². The first-order chi connectivity index (χ1) is 12.7. The van der Waals surface area contributed by atoms with Crippen LogP contribution in [0.25, 0.3) is 0 Å². The number of phenolic OH excluding ortho intramolecular Hbond substituents is 1. The highest BCUT2D eigenvalue weighted by molar-refractivity contribution is 14.0. The van der Waals surface area contributed by atoms with E-state index in [4.69, 9.17) is 0 Å². The Balaban J connectivity index is 0.00000261. The fourth-order valence-electron chi connectivity index (χ4n) is 3.92. The molecule has 2 aliphatic rings. The molecule has 5 nitrogen and oxygen atoms in total. The zero-order chi connectivity index (χ0) is 18.4. The average Bonchev–Trinajstić information content (AvgIpc) is 3.10. The minimum atomic E-state index is -0.592. The predicted molar refractivity (Wildman–Crippen MR) is 118 cm³/mol. The Morgan fingerprint density at radius 2 is 2.04 bits per heavy atom. The van der Waals surface area contributed by atoms with E-state index in [1.165, 1.54) is 57.5 Å². The number of aliphatic imine (C=N–C) groups is 1. The summed E-state index contributed by atoms with van der Waals surface area (Å²) < 4.78 is 13.5. The summed E-state index contributed by atoms with van der Waals surface area (Å²) in [5.41, 5.74) is 0.764. The molecule has 1 aromatic carbocycles. The van der Waals surface area contributed by atoms with Crippen LogP contribution in [-0.2, 0) is 6.54 Å².